The highest BCUT2D eigenvalue weighted by Crippen LogP contribution is 2.26. The third-order valence-corrected chi connectivity index (χ3v) is 3.75. The first-order chi connectivity index (χ1) is 9.92. The Hall–Kier alpha value is -0.800. The van der Waals surface area contributed by atoms with Crippen molar-refractivity contribution < 1.29 is 4.74 Å². The molecular weight excluding hydrogens is 326 g/mol. The number of nitrogens with one attached hydrogen (secondary N) is 1. The van der Waals surface area contributed by atoms with E-state index >= 15 is 0 Å². The molecule has 1 rings (SSSR count). The van der Waals surface area contributed by atoms with Gasteiger partial charge in [0.05, 0.1) is 11.1 Å². The highest BCUT2D eigenvalue weighted by Gasteiger charge is 2.09. The lowest BCUT2D eigenvalue weighted by Gasteiger charge is -2.20. The van der Waals surface area contributed by atoms with Crippen molar-refractivity contribution in [1.82, 2.24) is 5.32 Å². The van der Waals surface area contributed by atoms with E-state index in [1.54, 1.807) is 0 Å². The standard InChI is InChI=1S/C18H28BrNO/c1-5-6-7-8-9-12-21-17-11-10-15(13-16(17)19)14-20-18(2,3)4/h5,10-11,13,20H,1,6-9,12,14H2,2-4H3. The zero-order valence-corrected chi connectivity index (χ0v) is 15.1. The number of benzene rings is 1. The van der Waals surface area contributed by atoms with Crippen molar-refractivity contribution in [3.05, 3.63) is 40.9 Å². The molecule has 118 valence electrons. The second kappa shape index (κ2) is 9.26. The molecule has 0 aliphatic carbocycles. The highest BCUT2D eigenvalue weighted by molar-refractivity contribution is 9.10. The molecule has 0 aromatic heterocycles. The Labute approximate surface area is 138 Å². The van der Waals surface area contributed by atoms with E-state index in [1.165, 1.54) is 18.4 Å². The fourth-order valence-electron chi connectivity index (χ4n) is 1.89. The van der Waals surface area contributed by atoms with Crippen LogP contribution in [0.4, 0.5) is 0 Å². The Bertz CT molecular complexity index is 437. The monoisotopic (exact) mass is 353 g/mol. The fourth-order valence-corrected chi connectivity index (χ4v) is 2.43. The molecule has 0 bridgehead atoms. The van der Waals surface area contributed by atoms with Gasteiger partial charge in [0.2, 0.25) is 0 Å². The topological polar surface area (TPSA) is 21.3 Å². The van der Waals surface area contributed by atoms with Crippen LogP contribution in [0.1, 0.15) is 52.0 Å². The smallest absolute Gasteiger partial charge is 0.133 e. The van der Waals surface area contributed by atoms with Gasteiger partial charge in [0.15, 0.2) is 0 Å². The van der Waals surface area contributed by atoms with Crippen LogP contribution in [0.25, 0.3) is 0 Å². The molecule has 1 aromatic rings. The van der Waals surface area contributed by atoms with Crippen molar-refractivity contribution in [3.63, 3.8) is 0 Å². The summed E-state index contributed by atoms with van der Waals surface area (Å²) in [4.78, 5) is 0. The Balaban J connectivity index is 2.38. The van der Waals surface area contributed by atoms with Gasteiger partial charge in [-0.2, -0.15) is 0 Å². The molecule has 0 atom stereocenters. The lowest BCUT2D eigenvalue weighted by atomic mass is 10.1. The number of ether oxygens (including phenoxy) is 1. The van der Waals surface area contributed by atoms with Crippen LogP contribution in [-0.2, 0) is 6.54 Å². The van der Waals surface area contributed by atoms with Crippen LogP contribution in [0.2, 0.25) is 0 Å². The predicted molar refractivity (Wildman–Crippen MR) is 94.9 cm³/mol. The summed E-state index contributed by atoms with van der Waals surface area (Å²) in [5.74, 6) is 0.929. The molecule has 0 aliphatic rings. The number of allylic oxidation sites excluding steroid dienone is 1. The Morgan fingerprint density at radius 3 is 2.62 bits per heavy atom. The maximum Gasteiger partial charge on any atom is 0.133 e. The zero-order valence-electron chi connectivity index (χ0n) is 13.5. The fraction of sp³-hybridized carbons (Fsp3) is 0.556. The normalized spacial score (nSPS) is 11.4. The molecule has 2 nitrogen and oxygen atoms in total. The van der Waals surface area contributed by atoms with E-state index in [2.05, 4.69) is 60.7 Å². The molecule has 3 heteroatoms. The molecule has 0 unspecified atom stereocenters. The van der Waals surface area contributed by atoms with Gasteiger partial charge in [-0.1, -0.05) is 12.1 Å². The molecule has 0 saturated heterocycles. The van der Waals surface area contributed by atoms with Crippen molar-refractivity contribution in [2.24, 2.45) is 0 Å². The van der Waals surface area contributed by atoms with Gasteiger partial charge in [0.25, 0.3) is 0 Å². The first-order valence-corrected chi connectivity index (χ1v) is 8.49. The largest absolute Gasteiger partial charge is 0.492 e. The maximum atomic E-state index is 5.82. The van der Waals surface area contributed by atoms with E-state index in [0.717, 1.165) is 36.2 Å². The van der Waals surface area contributed by atoms with Crippen molar-refractivity contribution in [3.8, 4) is 5.75 Å². The summed E-state index contributed by atoms with van der Waals surface area (Å²) in [6.07, 6.45) is 6.55. The molecule has 0 saturated carbocycles. The van der Waals surface area contributed by atoms with Crippen LogP contribution in [0.3, 0.4) is 0 Å². The number of hydrogen-bond acceptors (Lipinski definition) is 2. The first-order valence-electron chi connectivity index (χ1n) is 7.69. The quantitative estimate of drug-likeness (QED) is 0.469. The first kappa shape index (κ1) is 18.2. The van der Waals surface area contributed by atoms with Gasteiger partial charge in [-0.3, -0.25) is 0 Å². The molecular formula is C18H28BrNO. The van der Waals surface area contributed by atoms with Crippen LogP contribution < -0.4 is 10.1 Å². The third kappa shape index (κ3) is 8.27. The van der Waals surface area contributed by atoms with Gasteiger partial charge < -0.3 is 10.1 Å². The van der Waals surface area contributed by atoms with Crippen molar-refractivity contribution >= 4 is 15.9 Å². The second-order valence-electron chi connectivity index (χ2n) is 6.35. The van der Waals surface area contributed by atoms with Crippen LogP contribution in [0.5, 0.6) is 5.75 Å². The van der Waals surface area contributed by atoms with Crippen molar-refractivity contribution in [1.29, 1.82) is 0 Å². The summed E-state index contributed by atoms with van der Waals surface area (Å²) in [7, 11) is 0. The van der Waals surface area contributed by atoms with Crippen LogP contribution in [0, 0.1) is 0 Å². The maximum absolute atomic E-state index is 5.82. The summed E-state index contributed by atoms with van der Waals surface area (Å²) in [6.45, 7) is 11.9. The summed E-state index contributed by atoms with van der Waals surface area (Å²) in [5.41, 5.74) is 1.39. The highest BCUT2D eigenvalue weighted by atomic mass is 79.9. The Morgan fingerprint density at radius 1 is 1.24 bits per heavy atom. The summed E-state index contributed by atoms with van der Waals surface area (Å²) in [5, 5.41) is 3.49. The van der Waals surface area contributed by atoms with E-state index in [1.807, 2.05) is 12.1 Å². The number of hydrogen-bond donors (Lipinski definition) is 1. The van der Waals surface area contributed by atoms with E-state index < -0.39 is 0 Å². The SMILES string of the molecule is C=CCCCCCOc1ccc(CNC(C)(C)C)cc1Br. The average molecular weight is 354 g/mol. The minimum absolute atomic E-state index is 0.132. The predicted octanol–water partition coefficient (Wildman–Crippen LogP) is 5.46. The van der Waals surface area contributed by atoms with Crippen LogP contribution >= 0.6 is 15.9 Å². The Kier molecular flexibility index (Phi) is 8.05. The minimum Gasteiger partial charge on any atom is -0.492 e. The van der Waals surface area contributed by atoms with E-state index in [4.69, 9.17) is 4.74 Å². The molecule has 21 heavy (non-hydrogen) atoms. The van der Waals surface area contributed by atoms with Crippen molar-refractivity contribution in [2.45, 2.75) is 58.5 Å². The number of halogens is 1. The zero-order chi connectivity index (χ0) is 15.7. The second-order valence-corrected chi connectivity index (χ2v) is 7.21. The third-order valence-electron chi connectivity index (χ3n) is 3.13. The Morgan fingerprint density at radius 2 is 2.00 bits per heavy atom. The van der Waals surface area contributed by atoms with Crippen LogP contribution in [0.15, 0.2) is 35.3 Å². The van der Waals surface area contributed by atoms with E-state index in [0.29, 0.717) is 0 Å². The molecule has 0 amide bonds. The van der Waals surface area contributed by atoms with Gasteiger partial charge in [-0.05, 0) is 80.1 Å². The summed E-state index contributed by atoms with van der Waals surface area (Å²) in [6, 6.07) is 6.30. The lowest BCUT2D eigenvalue weighted by Crippen LogP contribution is -2.35. The molecule has 0 radical (unpaired) electrons. The molecule has 0 aliphatic heterocycles. The molecule has 0 heterocycles. The molecule has 1 aromatic carbocycles. The van der Waals surface area contributed by atoms with Crippen molar-refractivity contribution in [2.75, 3.05) is 6.61 Å². The average Bonchev–Trinajstić information content (AvgIpc) is 2.41. The molecule has 1 N–H and O–H groups in total. The molecule has 0 fully saturated rings. The number of rotatable bonds is 9. The summed E-state index contributed by atoms with van der Waals surface area (Å²) < 4.78 is 6.85. The minimum atomic E-state index is 0.132. The van der Waals surface area contributed by atoms with Crippen LogP contribution in [-0.4, -0.2) is 12.1 Å². The van der Waals surface area contributed by atoms with Gasteiger partial charge in [0.1, 0.15) is 5.75 Å². The number of unbranched alkanes of at least 4 members (excludes halogenated alkanes) is 3. The molecule has 0 spiro atoms. The van der Waals surface area contributed by atoms with Gasteiger partial charge in [-0.25, -0.2) is 0 Å². The van der Waals surface area contributed by atoms with Gasteiger partial charge in [-0.15, -0.1) is 6.58 Å². The van der Waals surface area contributed by atoms with Gasteiger partial charge >= 0.3 is 0 Å². The van der Waals surface area contributed by atoms with Gasteiger partial charge in [0, 0.05) is 12.1 Å². The van der Waals surface area contributed by atoms with E-state index in [-0.39, 0.29) is 5.54 Å². The lowest BCUT2D eigenvalue weighted by molar-refractivity contribution is 0.303. The van der Waals surface area contributed by atoms with E-state index in [9.17, 15) is 0 Å². The summed E-state index contributed by atoms with van der Waals surface area (Å²) >= 11 is 3.60.